The molecule has 2 fully saturated rings. The quantitative estimate of drug-likeness (QED) is 0.366. The summed E-state index contributed by atoms with van der Waals surface area (Å²) in [7, 11) is 0. The highest BCUT2D eigenvalue weighted by atomic mass is 127. The monoisotopic (exact) mass is 483 g/mol. The van der Waals surface area contributed by atoms with Crippen molar-refractivity contribution in [2.24, 2.45) is 4.99 Å². The molecule has 1 unspecified atom stereocenters. The van der Waals surface area contributed by atoms with Gasteiger partial charge in [-0.2, -0.15) is 11.8 Å². The zero-order valence-electron chi connectivity index (χ0n) is 15.9. The van der Waals surface area contributed by atoms with E-state index in [0.717, 1.165) is 70.1 Å². The van der Waals surface area contributed by atoms with Crippen LogP contribution in [0.5, 0.6) is 0 Å². The van der Waals surface area contributed by atoms with Crippen LogP contribution in [-0.4, -0.2) is 96.5 Å². The number of hydrogen-bond acceptors (Lipinski definition) is 4. The summed E-state index contributed by atoms with van der Waals surface area (Å²) in [6.45, 7) is 14.6. The van der Waals surface area contributed by atoms with E-state index in [-0.39, 0.29) is 29.9 Å². The molecule has 1 atom stereocenters. The molecule has 0 aromatic rings. The summed E-state index contributed by atoms with van der Waals surface area (Å²) >= 11 is 2.09. The molecule has 2 saturated heterocycles. The summed E-state index contributed by atoms with van der Waals surface area (Å²) in [5.41, 5.74) is 0. The maximum atomic E-state index is 11.4. The normalized spacial score (nSPS) is 22.5. The summed E-state index contributed by atoms with van der Waals surface area (Å²) < 4.78 is 0. The molecule has 6 nitrogen and oxygen atoms in total. The van der Waals surface area contributed by atoms with Crippen molar-refractivity contribution in [2.75, 3.05) is 64.7 Å². The zero-order chi connectivity index (χ0) is 17.4. The Hall–Kier alpha value is -0.220. The third-order valence-corrected chi connectivity index (χ3v) is 6.10. The molecule has 2 aliphatic rings. The second kappa shape index (κ2) is 12.2. The third-order valence-electron chi connectivity index (χ3n) is 4.72. The minimum atomic E-state index is 0. The van der Waals surface area contributed by atoms with E-state index in [9.17, 15) is 4.79 Å². The molecule has 0 saturated carbocycles. The SMILES string of the molecule is CCNC(=NCCN1CCN(C(C)=O)CC1)N1CCSC(CC)C1.I. The number of guanidine groups is 1. The van der Waals surface area contributed by atoms with Gasteiger partial charge in [0.05, 0.1) is 6.54 Å². The largest absolute Gasteiger partial charge is 0.357 e. The van der Waals surface area contributed by atoms with Gasteiger partial charge in [0.15, 0.2) is 5.96 Å². The number of carbonyl (C=O) groups is 1. The van der Waals surface area contributed by atoms with E-state index in [1.807, 2.05) is 4.90 Å². The lowest BCUT2D eigenvalue weighted by molar-refractivity contribution is -0.130. The Labute approximate surface area is 174 Å². The number of nitrogens with one attached hydrogen (secondary N) is 1. The molecule has 0 bridgehead atoms. The minimum absolute atomic E-state index is 0. The number of carbonyl (C=O) groups excluding carboxylic acids is 1. The number of hydrogen-bond donors (Lipinski definition) is 1. The van der Waals surface area contributed by atoms with Crippen molar-refractivity contribution in [1.29, 1.82) is 0 Å². The number of amides is 1. The first-order chi connectivity index (χ1) is 11.6. The lowest BCUT2D eigenvalue weighted by Gasteiger charge is -2.35. The number of thioether (sulfide) groups is 1. The predicted molar refractivity (Wildman–Crippen MR) is 118 cm³/mol. The van der Waals surface area contributed by atoms with Crippen LogP contribution in [0.4, 0.5) is 0 Å². The summed E-state index contributed by atoms with van der Waals surface area (Å²) in [5, 5.41) is 4.18. The molecule has 146 valence electrons. The van der Waals surface area contributed by atoms with Gasteiger partial charge in [-0.1, -0.05) is 6.92 Å². The van der Waals surface area contributed by atoms with Gasteiger partial charge < -0.3 is 15.1 Å². The molecule has 0 aromatic carbocycles. The van der Waals surface area contributed by atoms with E-state index >= 15 is 0 Å². The van der Waals surface area contributed by atoms with E-state index in [0.29, 0.717) is 0 Å². The summed E-state index contributed by atoms with van der Waals surface area (Å²) in [4.78, 5) is 23.0. The van der Waals surface area contributed by atoms with Gasteiger partial charge in [-0.15, -0.1) is 24.0 Å². The average Bonchev–Trinajstić information content (AvgIpc) is 2.61. The smallest absolute Gasteiger partial charge is 0.219 e. The predicted octanol–water partition coefficient (Wildman–Crippen LogP) is 1.56. The Morgan fingerprint density at radius 3 is 2.48 bits per heavy atom. The van der Waals surface area contributed by atoms with Crippen molar-refractivity contribution in [1.82, 2.24) is 20.0 Å². The van der Waals surface area contributed by atoms with Crippen molar-refractivity contribution in [3.63, 3.8) is 0 Å². The van der Waals surface area contributed by atoms with Crippen molar-refractivity contribution in [3.05, 3.63) is 0 Å². The van der Waals surface area contributed by atoms with Crippen molar-refractivity contribution in [3.8, 4) is 0 Å². The highest BCUT2D eigenvalue weighted by Gasteiger charge is 2.22. The molecule has 0 radical (unpaired) electrons. The Morgan fingerprint density at radius 1 is 1.16 bits per heavy atom. The molecule has 2 aliphatic heterocycles. The first-order valence-electron chi connectivity index (χ1n) is 9.26. The molecule has 0 aliphatic carbocycles. The van der Waals surface area contributed by atoms with Gasteiger partial charge in [-0.05, 0) is 13.3 Å². The molecule has 25 heavy (non-hydrogen) atoms. The summed E-state index contributed by atoms with van der Waals surface area (Å²) in [5.74, 6) is 2.45. The van der Waals surface area contributed by atoms with Gasteiger partial charge in [0.2, 0.25) is 5.91 Å². The lowest BCUT2D eigenvalue weighted by atomic mass is 10.3. The maximum Gasteiger partial charge on any atom is 0.219 e. The average molecular weight is 483 g/mol. The molecule has 1 N–H and O–H groups in total. The van der Waals surface area contributed by atoms with Crippen LogP contribution in [0.15, 0.2) is 4.99 Å². The van der Waals surface area contributed by atoms with E-state index in [1.165, 1.54) is 12.2 Å². The van der Waals surface area contributed by atoms with Crippen LogP contribution in [0.1, 0.15) is 27.2 Å². The van der Waals surface area contributed by atoms with Gasteiger partial charge in [0, 0.05) is 70.3 Å². The fraction of sp³-hybridized carbons (Fsp3) is 0.882. The Balaban J connectivity index is 0.00000312. The fourth-order valence-corrected chi connectivity index (χ4v) is 4.35. The first-order valence-corrected chi connectivity index (χ1v) is 10.3. The van der Waals surface area contributed by atoms with Crippen LogP contribution in [0, 0.1) is 0 Å². The third kappa shape index (κ3) is 7.50. The van der Waals surface area contributed by atoms with E-state index in [2.05, 4.69) is 40.7 Å². The molecule has 0 spiro atoms. The lowest BCUT2D eigenvalue weighted by Crippen LogP contribution is -2.49. The zero-order valence-corrected chi connectivity index (χ0v) is 19.0. The number of halogens is 1. The van der Waals surface area contributed by atoms with Crippen LogP contribution >= 0.6 is 35.7 Å². The fourth-order valence-electron chi connectivity index (χ4n) is 3.17. The van der Waals surface area contributed by atoms with E-state index in [1.54, 1.807) is 6.92 Å². The Kier molecular flexibility index (Phi) is 11.2. The molecular formula is C17H34IN5OS. The Morgan fingerprint density at radius 2 is 1.88 bits per heavy atom. The maximum absolute atomic E-state index is 11.4. The molecular weight excluding hydrogens is 449 g/mol. The highest BCUT2D eigenvalue weighted by molar-refractivity contribution is 14.0. The molecule has 2 heterocycles. The van der Waals surface area contributed by atoms with E-state index in [4.69, 9.17) is 4.99 Å². The van der Waals surface area contributed by atoms with Gasteiger partial charge >= 0.3 is 0 Å². The topological polar surface area (TPSA) is 51.2 Å². The van der Waals surface area contributed by atoms with Gasteiger partial charge in [0.25, 0.3) is 0 Å². The standard InChI is InChI=1S/C17H33N5OS.HI/c1-4-16-14-22(12-13-24-16)17(18-5-2)19-6-7-20-8-10-21(11-9-20)15(3)23;/h16H,4-14H2,1-3H3,(H,18,19);1H. The van der Waals surface area contributed by atoms with Crippen molar-refractivity contribution < 1.29 is 4.79 Å². The Bertz CT molecular complexity index is 429. The van der Waals surface area contributed by atoms with Crippen LogP contribution in [-0.2, 0) is 4.79 Å². The highest BCUT2D eigenvalue weighted by Crippen LogP contribution is 2.21. The minimum Gasteiger partial charge on any atom is -0.357 e. The van der Waals surface area contributed by atoms with Crippen LogP contribution in [0.25, 0.3) is 0 Å². The molecule has 1 amide bonds. The van der Waals surface area contributed by atoms with Crippen molar-refractivity contribution >= 4 is 47.6 Å². The van der Waals surface area contributed by atoms with Crippen LogP contribution in [0.3, 0.4) is 0 Å². The number of rotatable bonds is 5. The number of piperazine rings is 1. The van der Waals surface area contributed by atoms with E-state index < -0.39 is 0 Å². The first kappa shape index (κ1) is 22.8. The van der Waals surface area contributed by atoms with Crippen LogP contribution in [0.2, 0.25) is 0 Å². The van der Waals surface area contributed by atoms with Gasteiger partial charge in [-0.25, -0.2) is 0 Å². The van der Waals surface area contributed by atoms with Gasteiger partial charge in [-0.3, -0.25) is 14.7 Å². The number of nitrogens with zero attached hydrogens (tertiary/aromatic N) is 4. The molecule has 2 rings (SSSR count). The van der Waals surface area contributed by atoms with Gasteiger partial charge in [0.1, 0.15) is 0 Å². The summed E-state index contributed by atoms with van der Waals surface area (Å²) in [6.07, 6.45) is 1.22. The second-order valence-electron chi connectivity index (χ2n) is 6.43. The van der Waals surface area contributed by atoms with Crippen LogP contribution < -0.4 is 5.32 Å². The second-order valence-corrected chi connectivity index (χ2v) is 7.84. The van der Waals surface area contributed by atoms with Crippen molar-refractivity contribution in [2.45, 2.75) is 32.4 Å². The summed E-state index contributed by atoms with van der Waals surface area (Å²) in [6, 6.07) is 0. The molecule has 8 heteroatoms. The molecule has 0 aromatic heterocycles. The number of aliphatic imine (C=N–C) groups is 1.